The van der Waals surface area contributed by atoms with Crippen molar-refractivity contribution in [1.29, 1.82) is 0 Å². The number of unbranched alkanes of at least 4 members (excludes halogenated alkanes) is 2. The van der Waals surface area contributed by atoms with Crippen LogP contribution in [0.2, 0.25) is 0 Å². The van der Waals surface area contributed by atoms with Gasteiger partial charge in [-0.15, -0.1) is 0 Å². The first-order valence-electron chi connectivity index (χ1n) is 12.6. The van der Waals surface area contributed by atoms with Crippen molar-refractivity contribution >= 4 is 5.97 Å². The number of ether oxygens (including phenoxy) is 2. The molecule has 0 heterocycles. The summed E-state index contributed by atoms with van der Waals surface area (Å²) in [5, 5.41) is 9.63. The second kappa shape index (κ2) is 14.2. The van der Waals surface area contributed by atoms with Crippen molar-refractivity contribution in [3.63, 3.8) is 0 Å². The third kappa shape index (κ3) is 9.51. The van der Waals surface area contributed by atoms with Crippen LogP contribution in [0.1, 0.15) is 97.3 Å². The number of carbonyl (C=O) groups is 1. The van der Waals surface area contributed by atoms with E-state index in [1.807, 2.05) is 0 Å². The molecule has 2 saturated carbocycles. The minimum absolute atomic E-state index is 0.0308. The molecule has 0 radical (unpaired) electrons. The molecule has 4 nitrogen and oxygen atoms in total. The van der Waals surface area contributed by atoms with Gasteiger partial charge in [0.1, 0.15) is 0 Å². The van der Waals surface area contributed by atoms with Gasteiger partial charge in [0, 0.05) is 24.7 Å². The van der Waals surface area contributed by atoms with Gasteiger partial charge < -0.3 is 14.6 Å². The lowest BCUT2D eigenvalue weighted by Gasteiger charge is -2.33. The maximum absolute atomic E-state index is 11.6. The summed E-state index contributed by atoms with van der Waals surface area (Å²) in [5.74, 6) is 2.01. The second-order valence-corrected chi connectivity index (χ2v) is 10.0. The quantitative estimate of drug-likeness (QED) is 0.222. The standard InChI is InChI=1S/C26H46O4/c1-4-5-6-7-21-8-10-23(11-9-21)18-29-25-14-12-22(13-15-25)16-24(17-27)19-30-26(28)20(2)3/h21-25,27H,2,4-19H2,1,3H3. The molecule has 0 bridgehead atoms. The Balaban J connectivity index is 1.56. The lowest BCUT2D eigenvalue weighted by atomic mass is 9.80. The molecule has 174 valence electrons. The molecule has 0 spiro atoms. The Hall–Kier alpha value is -0.870. The third-order valence-corrected chi connectivity index (χ3v) is 7.27. The first kappa shape index (κ1) is 25.4. The number of aliphatic hydroxyl groups excluding tert-OH is 1. The zero-order valence-electron chi connectivity index (χ0n) is 19.6. The van der Waals surface area contributed by atoms with Crippen LogP contribution in [0.3, 0.4) is 0 Å². The Bertz CT molecular complexity index is 487. The molecule has 30 heavy (non-hydrogen) atoms. The SMILES string of the molecule is C=C(C)C(=O)OCC(CO)CC1CCC(OCC2CCC(CCCCC)CC2)CC1. The van der Waals surface area contributed by atoms with Crippen molar-refractivity contribution in [3.05, 3.63) is 12.2 Å². The molecule has 0 aliphatic heterocycles. The molecule has 4 heteroatoms. The molecule has 2 fully saturated rings. The van der Waals surface area contributed by atoms with Crippen LogP contribution < -0.4 is 0 Å². The van der Waals surface area contributed by atoms with Gasteiger partial charge in [-0.1, -0.05) is 52.0 Å². The van der Waals surface area contributed by atoms with Crippen molar-refractivity contribution in [1.82, 2.24) is 0 Å². The van der Waals surface area contributed by atoms with E-state index in [1.165, 1.54) is 51.4 Å². The first-order chi connectivity index (χ1) is 14.5. The van der Waals surface area contributed by atoms with Gasteiger partial charge in [-0.25, -0.2) is 4.79 Å². The smallest absolute Gasteiger partial charge is 0.333 e. The topological polar surface area (TPSA) is 55.8 Å². The van der Waals surface area contributed by atoms with Crippen LogP contribution in [0, 0.1) is 23.7 Å². The monoisotopic (exact) mass is 422 g/mol. The molecule has 0 aromatic carbocycles. The molecule has 0 saturated heterocycles. The van der Waals surface area contributed by atoms with E-state index in [0.717, 1.165) is 50.5 Å². The van der Waals surface area contributed by atoms with Gasteiger partial charge in [0.05, 0.1) is 12.7 Å². The summed E-state index contributed by atoms with van der Waals surface area (Å²) < 4.78 is 11.5. The highest BCUT2D eigenvalue weighted by Crippen LogP contribution is 2.34. The van der Waals surface area contributed by atoms with Gasteiger partial charge in [-0.05, 0) is 69.6 Å². The molecule has 2 aliphatic rings. The van der Waals surface area contributed by atoms with E-state index < -0.39 is 0 Å². The van der Waals surface area contributed by atoms with Gasteiger partial charge in [-0.3, -0.25) is 0 Å². The van der Waals surface area contributed by atoms with Gasteiger partial charge in [-0.2, -0.15) is 0 Å². The summed E-state index contributed by atoms with van der Waals surface area (Å²) in [6.45, 7) is 8.85. The molecule has 2 aliphatic carbocycles. The van der Waals surface area contributed by atoms with E-state index in [-0.39, 0.29) is 18.5 Å². The number of aliphatic hydroxyl groups is 1. The third-order valence-electron chi connectivity index (χ3n) is 7.27. The van der Waals surface area contributed by atoms with Crippen molar-refractivity contribution in [3.8, 4) is 0 Å². The molecule has 0 amide bonds. The molecule has 1 atom stereocenters. The second-order valence-electron chi connectivity index (χ2n) is 10.0. The van der Waals surface area contributed by atoms with E-state index in [2.05, 4.69) is 13.5 Å². The summed E-state index contributed by atoms with van der Waals surface area (Å²) in [4.78, 5) is 11.6. The fourth-order valence-corrected chi connectivity index (χ4v) is 5.16. The van der Waals surface area contributed by atoms with Crippen molar-refractivity contribution in [2.45, 2.75) is 103 Å². The van der Waals surface area contributed by atoms with E-state index in [1.54, 1.807) is 6.92 Å². The summed E-state index contributed by atoms with van der Waals surface area (Å²) in [6.07, 6.45) is 17.0. The largest absolute Gasteiger partial charge is 0.462 e. The summed E-state index contributed by atoms with van der Waals surface area (Å²) in [7, 11) is 0. The Labute approximate surface area is 184 Å². The van der Waals surface area contributed by atoms with Crippen LogP contribution in [-0.2, 0) is 14.3 Å². The van der Waals surface area contributed by atoms with Gasteiger partial charge in [0.2, 0.25) is 0 Å². The summed E-state index contributed by atoms with van der Waals surface area (Å²) >= 11 is 0. The fourth-order valence-electron chi connectivity index (χ4n) is 5.16. The Morgan fingerprint density at radius 2 is 1.63 bits per heavy atom. The van der Waals surface area contributed by atoms with E-state index in [9.17, 15) is 9.90 Å². The van der Waals surface area contributed by atoms with Crippen molar-refractivity contribution in [2.24, 2.45) is 23.7 Å². The molecule has 1 unspecified atom stereocenters. The van der Waals surface area contributed by atoms with Gasteiger partial charge in [0.15, 0.2) is 0 Å². The predicted octanol–water partition coefficient (Wildman–Crippen LogP) is 6.07. The average molecular weight is 423 g/mol. The molecule has 0 aromatic heterocycles. The van der Waals surface area contributed by atoms with Crippen molar-refractivity contribution < 1.29 is 19.4 Å². The van der Waals surface area contributed by atoms with Crippen LogP contribution in [0.25, 0.3) is 0 Å². The van der Waals surface area contributed by atoms with Crippen molar-refractivity contribution in [2.75, 3.05) is 19.8 Å². The first-order valence-corrected chi connectivity index (χ1v) is 12.6. The highest BCUT2D eigenvalue weighted by molar-refractivity contribution is 5.86. The maximum Gasteiger partial charge on any atom is 0.333 e. The molecular weight excluding hydrogens is 376 g/mol. The molecule has 2 rings (SSSR count). The molecule has 0 aromatic rings. The summed E-state index contributed by atoms with van der Waals surface area (Å²) in [6, 6.07) is 0. The normalized spacial score (nSPS) is 28.1. The number of carbonyl (C=O) groups excluding carboxylic acids is 1. The number of hydrogen-bond acceptors (Lipinski definition) is 4. The number of esters is 1. The highest BCUT2D eigenvalue weighted by Gasteiger charge is 2.26. The predicted molar refractivity (Wildman–Crippen MR) is 122 cm³/mol. The number of hydrogen-bond donors (Lipinski definition) is 1. The highest BCUT2D eigenvalue weighted by atomic mass is 16.5. The minimum Gasteiger partial charge on any atom is -0.462 e. The zero-order valence-corrected chi connectivity index (χ0v) is 19.6. The Kier molecular flexibility index (Phi) is 12.1. The van der Waals surface area contributed by atoms with Gasteiger partial charge in [0.25, 0.3) is 0 Å². The molecule has 1 N–H and O–H groups in total. The minimum atomic E-state index is -0.361. The van der Waals surface area contributed by atoms with Crippen LogP contribution >= 0.6 is 0 Å². The van der Waals surface area contributed by atoms with E-state index in [0.29, 0.717) is 24.2 Å². The maximum atomic E-state index is 11.6. The Morgan fingerprint density at radius 1 is 1.00 bits per heavy atom. The van der Waals surface area contributed by atoms with E-state index >= 15 is 0 Å². The average Bonchev–Trinajstić information content (AvgIpc) is 2.76. The lowest BCUT2D eigenvalue weighted by Crippen LogP contribution is -2.28. The van der Waals surface area contributed by atoms with E-state index in [4.69, 9.17) is 9.47 Å². The Morgan fingerprint density at radius 3 is 2.23 bits per heavy atom. The van der Waals surface area contributed by atoms with Crippen LogP contribution in [0.15, 0.2) is 12.2 Å². The van der Waals surface area contributed by atoms with Crippen LogP contribution in [0.4, 0.5) is 0 Å². The number of rotatable bonds is 13. The lowest BCUT2D eigenvalue weighted by molar-refractivity contribution is -0.140. The molecular formula is C26H46O4. The zero-order chi connectivity index (χ0) is 21.8. The fraction of sp³-hybridized carbons (Fsp3) is 0.885. The van der Waals surface area contributed by atoms with Crippen LogP contribution in [0.5, 0.6) is 0 Å². The van der Waals surface area contributed by atoms with Gasteiger partial charge >= 0.3 is 5.97 Å². The van der Waals surface area contributed by atoms with Crippen LogP contribution in [-0.4, -0.2) is 37.0 Å². The summed E-state index contributed by atoms with van der Waals surface area (Å²) in [5.41, 5.74) is 0.411.